The number of ether oxygens (including phenoxy) is 1. The van der Waals surface area contributed by atoms with Crippen molar-refractivity contribution in [3.63, 3.8) is 0 Å². The van der Waals surface area contributed by atoms with Gasteiger partial charge in [0.2, 0.25) is 0 Å². The van der Waals surface area contributed by atoms with Crippen molar-refractivity contribution >= 4 is 23.0 Å². The second kappa shape index (κ2) is 7.21. The van der Waals surface area contributed by atoms with Gasteiger partial charge in [0.15, 0.2) is 5.11 Å². The van der Waals surface area contributed by atoms with Crippen molar-refractivity contribution in [2.45, 2.75) is 39.7 Å². The zero-order valence-electron chi connectivity index (χ0n) is 11.5. The molecule has 0 saturated heterocycles. The molecule has 3 nitrogen and oxygen atoms in total. The van der Waals surface area contributed by atoms with Crippen LogP contribution in [0.4, 0.5) is 5.69 Å². The highest BCUT2D eigenvalue weighted by molar-refractivity contribution is 7.80. The van der Waals surface area contributed by atoms with Gasteiger partial charge in [-0.05, 0) is 50.2 Å². The van der Waals surface area contributed by atoms with Crippen LogP contribution < -0.4 is 15.4 Å². The third-order valence-corrected chi connectivity index (χ3v) is 2.92. The minimum atomic E-state index is 0.380. The highest BCUT2D eigenvalue weighted by atomic mass is 32.1. The summed E-state index contributed by atoms with van der Waals surface area (Å²) in [5, 5.41) is 7.09. The van der Waals surface area contributed by atoms with Gasteiger partial charge in [0.25, 0.3) is 0 Å². The fourth-order valence-corrected chi connectivity index (χ4v) is 2.12. The molecule has 0 aliphatic rings. The van der Waals surface area contributed by atoms with E-state index in [1.807, 2.05) is 25.1 Å². The summed E-state index contributed by atoms with van der Waals surface area (Å²) in [6.07, 6.45) is 2.25. The van der Waals surface area contributed by atoms with Crippen molar-refractivity contribution in [3.8, 4) is 5.75 Å². The lowest BCUT2D eigenvalue weighted by atomic mass is 10.2. The number of hydrogen-bond donors (Lipinski definition) is 2. The first-order valence-electron chi connectivity index (χ1n) is 6.29. The molecule has 0 radical (unpaired) electrons. The standard InChI is InChI=1S/C14H22N2OS/c1-5-6-11(3)15-14(18)16-12-9-10(2)7-8-13(12)17-4/h7-9,11H,5-6H2,1-4H3,(H2,15,16,18). The molecule has 4 heteroatoms. The summed E-state index contributed by atoms with van der Waals surface area (Å²) in [4.78, 5) is 0. The second-order valence-electron chi connectivity index (χ2n) is 4.49. The third kappa shape index (κ3) is 4.53. The van der Waals surface area contributed by atoms with Gasteiger partial charge in [-0.2, -0.15) is 0 Å². The maximum Gasteiger partial charge on any atom is 0.171 e. The molecule has 0 amide bonds. The number of aryl methyl sites for hydroxylation is 1. The van der Waals surface area contributed by atoms with Gasteiger partial charge in [-0.3, -0.25) is 0 Å². The number of nitrogens with one attached hydrogen (secondary N) is 2. The highest BCUT2D eigenvalue weighted by Crippen LogP contribution is 2.25. The fourth-order valence-electron chi connectivity index (χ4n) is 1.81. The van der Waals surface area contributed by atoms with E-state index in [2.05, 4.69) is 24.5 Å². The number of thiocarbonyl (C=S) groups is 1. The van der Waals surface area contributed by atoms with E-state index in [1.54, 1.807) is 7.11 Å². The first-order chi connectivity index (χ1) is 8.56. The first kappa shape index (κ1) is 14.8. The molecule has 0 bridgehead atoms. The Hall–Kier alpha value is -1.29. The van der Waals surface area contributed by atoms with Gasteiger partial charge in [0.05, 0.1) is 12.8 Å². The first-order valence-corrected chi connectivity index (χ1v) is 6.69. The van der Waals surface area contributed by atoms with Crippen molar-refractivity contribution in [1.82, 2.24) is 5.32 Å². The van der Waals surface area contributed by atoms with Gasteiger partial charge < -0.3 is 15.4 Å². The van der Waals surface area contributed by atoms with E-state index in [0.717, 1.165) is 24.3 Å². The molecule has 1 aromatic carbocycles. The molecule has 1 aromatic rings. The van der Waals surface area contributed by atoms with Gasteiger partial charge in [-0.25, -0.2) is 0 Å². The van der Waals surface area contributed by atoms with Crippen LogP contribution in [0.3, 0.4) is 0 Å². The van der Waals surface area contributed by atoms with Crippen LogP contribution >= 0.6 is 12.2 Å². The second-order valence-corrected chi connectivity index (χ2v) is 4.90. The average molecular weight is 266 g/mol. The Bertz CT molecular complexity index is 407. The molecule has 18 heavy (non-hydrogen) atoms. The number of methoxy groups -OCH3 is 1. The van der Waals surface area contributed by atoms with Crippen molar-refractivity contribution in [2.24, 2.45) is 0 Å². The van der Waals surface area contributed by atoms with Crippen molar-refractivity contribution < 1.29 is 4.74 Å². The molecule has 0 aromatic heterocycles. The lowest BCUT2D eigenvalue weighted by molar-refractivity contribution is 0.417. The summed E-state index contributed by atoms with van der Waals surface area (Å²) in [5.41, 5.74) is 2.07. The molecule has 0 saturated carbocycles. The van der Waals surface area contributed by atoms with E-state index in [4.69, 9.17) is 17.0 Å². The molecular formula is C14H22N2OS. The maximum absolute atomic E-state index is 5.30. The average Bonchev–Trinajstić information content (AvgIpc) is 2.29. The van der Waals surface area contributed by atoms with Gasteiger partial charge in [0, 0.05) is 6.04 Å². The number of hydrogen-bond acceptors (Lipinski definition) is 2. The van der Waals surface area contributed by atoms with Crippen LogP contribution in [-0.4, -0.2) is 18.3 Å². The largest absolute Gasteiger partial charge is 0.495 e. The summed E-state index contributed by atoms with van der Waals surface area (Å²) in [7, 11) is 1.66. The number of anilines is 1. The van der Waals surface area contributed by atoms with Crippen LogP contribution in [0.5, 0.6) is 5.75 Å². The van der Waals surface area contributed by atoms with Crippen LogP contribution in [-0.2, 0) is 0 Å². The van der Waals surface area contributed by atoms with E-state index in [0.29, 0.717) is 11.2 Å². The fraction of sp³-hybridized carbons (Fsp3) is 0.500. The monoisotopic (exact) mass is 266 g/mol. The zero-order chi connectivity index (χ0) is 13.5. The van der Waals surface area contributed by atoms with E-state index in [1.165, 1.54) is 5.56 Å². The van der Waals surface area contributed by atoms with E-state index in [-0.39, 0.29) is 0 Å². The summed E-state index contributed by atoms with van der Waals surface area (Å²) >= 11 is 5.30. The predicted octanol–water partition coefficient (Wildman–Crippen LogP) is 3.48. The number of rotatable bonds is 5. The SMILES string of the molecule is CCCC(C)NC(=S)Nc1cc(C)ccc1OC. The van der Waals surface area contributed by atoms with E-state index in [9.17, 15) is 0 Å². The molecule has 0 fully saturated rings. The smallest absolute Gasteiger partial charge is 0.171 e. The summed E-state index contributed by atoms with van der Waals surface area (Å²) < 4.78 is 5.30. The molecule has 1 unspecified atom stereocenters. The van der Waals surface area contributed by atoms with Crippen LogP contribution in [0.1, 0.15) is 32.3 Å². The highest BCUT2D eigenvalue weighted by Gasteiger charge is 2.07. The molecule has 100 valence electrons. The summed E-state index contributed by atoms with van der Waals surface area (Å²) in [5.74, 6) is 0.799. The van der Waals surface area contributed by atoms with Crippen LogP contribution in [0.2, 0.25) is 0 Å². The summed E-state index contributed by atoms with van der Waals surface area (Å²) in [6, 6.07) is 6.36. The third-order valence-electron chi connectivity index (χ3n) is 2.70. The van der Waals surface area contributed by atoms with E-state index >= 15 is 0 Å². The van der Waals surface area contributed by atoms with Crippen LogP contribution in [0, 0.1) is 6.92 Å². The van der Waals surface area contributed by atoms with Crippen molar-refractivity contribution in [1.29, 1.82) is 0 Å². The van der Waals surface area contributed by atoms with Gasteiger partial charge in [0.1, 0.15) is 5.75 Å². The lowest BCUT2D eigenvalue weighted by Gasteiger charge is -2.17. The molecule has 0 spiro atoms. The molecular weight excluding hydrogens is 244 g/mol. The Morgan fingerprint density at radius 3 is 2.78 bits per heavy atom. The van der Waals surface area contributed by atoms with Crippen LogP contribution in [0.25, 0.3) is 0 Å². The molecule has 0 aliphatic carbocycles. The van der Waals surface area contributed by atoms with Crippen LogP contribution in [0.15, 0.2) is 18.2 Å². The lowest BCUT2D eigenvalue weighted by Crippen LogP contribution is -2.35. The Labute approximate surface area is 115 Å². The Morgan fingerprint density at radius 2 is 2.17 bits per heavy atom. The molecule has 1 atom stereocenters. The van der Waals surface area contributed by atoms with Crippen molar-refractivity contribution in [2.75, 3.05) is 12.4 Å². The van der Waals surface area contributed by atoms with Gasteiger partial charge in [-0.1, -0.05) is 19.4 Å². The number of benzene rings is 1. The Kier molecular flexibility index (Phi) is 5.92. The quantitative estimate of drug-likeness (QED) is 0.799. The van der Waals surface area contributed by atoms with Crippen molar-refractivity contribution in [3.05, 3.63) is 23.8 Å². The normalized spacial score (nSPS) is 11.8. The Morgan fingerprint density at radius 1 is 1.44 bits per heavy atom. The minimum Gasteiger partial charge on any atom is -0.495 e. The predicted molar refractivity (Wildman–Crippen MR) is 81.5 cm³/mol. The van der Waals surface area contributed by atoms with Gasteiger partial charge >= 0.3 is 0 Å². The molecule has 0 heterocycles. The maximum atomic E-state index is 5.30. The Balaban J connectivity index is 2.66. The molecule has 2 N–H and O–H groups in total. The zero-order valence-corrected chi connectivity index (χ0v) is 12.4. The van der Waals surface area contributed by atoms with E-state index < -0.39 is 0 Å². The minimum absolute atomic E-state index is 0.380. The topological polar surface area (TPSA) is 33.3 Å². The molecule has 0 aliphatic heterocycles. The molecule has 1 rings (SSSR count). The van der Waals surface area contributed by atoms with Gasteiger partial charge in [-0.15, -0.1) is 0 Å². The summed E-state index contributed by atoms with van der Waals surface area (Å²) in [6.45, 7) is 6.34.